The van der Waals surface area contributed by atoms with Crippen LogP contribution in [-0.4, -0.2) is 15.8 Å². The first kappa shape index (κ1) is 21.4. The summed E-state index contributed by atoms with van der Waals surface area (Å²) in [7, 11) is 0. The van der Waals surface area contributed by atoms with Gasteiger partial charge in [-0.3, -0.25) is 9.78 Å². The van der Waals surface area contributed by atoms with Crippen LogP contribution >= 0.6 is 0 Å². The number of carbonyl (C=O) groups excluding carboxylic acids is 1. The molecule has 3 nitrogen and oxygen atoms in total. The SMILES string of the molecule is O=C(CCCCC1C[C@H]2CC[C@@H](C1)C2CCCc1cccnc1)c1ccc2cc[nH]c2c1. The van der Waals surface area contributed by atoms with Gasteiger partial charge in [0.05, 0.1) is 0 Å². The van der Waals surface area contributed by atoms with Gasteiger partial charge >= 0.3 is 0 Å². The summed E-state index contributed by atoms with van der Waals surface area (Å²) in [4.78, 5) is 20.1. The van der Waals surface area contributed by atoms with E-state index < -0.39 is 0 Å². The summed E-state index contributed by atoms with van der Waals surface area (Å²) < 4.78 is 0. The van der Waals surface area contributed by atoms with E-state index in [-0.39, 0.29) is 0 Å². The number of aromatic amines is 1. The molecule has 32 heavy (non-hydrogen) atoms. The molecule has 2 aliphatic rings. The molecular formula is C29H36N2O. The van der Waals surface area contributed by atoms with Crippen molar-refractivity contribution in [2.75, 3.05) is 0 Å². The van der Waals surface area contributed by atoms with Gasteiger partial charge in [0.2, 0.25) is 0 Å². The zero-order chi connectivity index (χ0) is 21.8. The number of Topliss-reactive ketones (excluding diaryl/α,β-unsaturated/α-hetero) is 1. The number of rotatable bonds is 10. The van der Waals surface area contributed by atoms with Crippen LogP contribution in [0.4, 0.5) is 0 Å². The second-order valence-electron chi connectivity index (χ2n) is 10.3. The molecule has 0 saturated heterocycles. The summed E-state index contributed by atoms with van der Waals surface area (Å²) in [5, 5.41) is 1.17. The van der Waals surface area contributed by atoms with Gasteiger partial charge in [-0.2, -0.15) is 0 Å². The highest BCUT2D eigenvalue weighted by Gasteiger charge is 2.41. The van der Waals surface area contributed by atoms with Gasteiger partial charge in [0.1, 0.15) is 0 Å². The number of benzene rings is 1. The van der Waals surface area contributed by atoms with Crippen molar-refractivity contribution in [1.82, 2.24) is 9.97 Å². The standard InChI is InChI=1S/C29H36N2O/c32-29(26-13-10-23-14-16-31-28(23)19-26)9-2-1-5-22-17-24-11-12-25(18-22)27(24)8-3-6-21-7-4-15-30-20-21/h4,7,10,13-16,19-20,22,24-25,27,31H,1-3,5-6,8-9,11-12,17-18H2/t22?,24-,25+,27?. The third kappa shape index (κ3) is 4.98. The molecule has 1 N–H and O–H groups in total. The Morgan fingerprint density at radius 2 is 1.88 bits per heavy atom. The Bertz CT molecular complexity index is 1010. The van der Waals surface area contributed by atoms with E-state index in [1.54, 1.807) is 0 Å². The second kappa shape index (κ2) is 10.0. The molecule has 0 radical (unpaired) electrons. The molecule has 0 amide bonds. The molecule has 0 aliphatic heterocycles. The molecule has 2 heterocycles. The average Bonchev–Trinajstić information content (AvgIpc) is 3.38. The molecule has 2 bridgehead atoms. The van der Waals surface area contributed by atoms with Gasteiger partial charge in [-0.05, 0) is 104 Å². The Morgan fingerprint density at radius 3 is 2.69 bits per heavy atom. The van der Waals surface area contributed by atoms with Crippen LogP contribution in [0.5, 0.6) is 0 Å². The highest BCUT2D eigenvalue weighted by molar-refractivity contribution is 5.99. The lowest BCUT2D eigenvalue weighted by atomic mass is 9.70. The summed E-state index contributed by atoms with van der Waals surface area (Å²) >= 11 is 0. The maximum atomic E-state index is 12.6. The van der Waals surface area contributed by atoms with Crippen molar-refractivity contribution >= 4 is 16.7 Å². The molecular weight excluding hydrogens is 392 g/mol. The van der Waals surface area contributed by atoms with E-state index in [0.29, 0.717) is 12.2 Å². The molecule has 2 aromatic heterocycles. The van der Waals surface area contributed by atoms with Crippen molar-refractivity contribution < 1.29 is 4.79 Å². The number of H-pyrrole nitrogens is 1. The number of carbonyl (C=O) groups is 1. The number of unbranched alkanes of at least 4 members (excludes halogenated alkanes) is 1. The Kier molecular flexibility index (Phi) is 6.71. The summed E-state index contributed by atoms with van der Waals surface area (Å²) in [5.41, 5.74) is 3.30. The van der Waals surface area contributed by atoms with Crippen molar-refractivity contribution in [3.63, 3.8) is 0 Å². The van der Waals surface area contributed by atoms with E-state index in [4.69, 9.17) is 0 Å². The molecule has 168 valence electrons. The minimum Gasteiger partial charge on any atom is -0.361 e. The number of hydrogen-bond acceptors (Lipinski definition) is 2. The van der Waals surface area contributed by atoms with E-state index in [9.17, 15) is 4.79 Å². The van der Waals surface area contributed by atoms with Crippen LogP contribution in [0, 0.1) is 23.7 Å². The van der Waals surface area contributed by atoms with Crippen molar-refractivity contribution in [3.05, 3.63) is 66.1 Å². The molecule has 3 heteroatoms. The summed E-state index contributed by atoms with van der Waals surface area (Å²) in [5.74, 6) is 4.07. The normalized spacial score (nSPS) is 24.8. The van der Waals surface area contributed by atoms with Crippen molar-refractivity contribution in [2.45, 2.75) is 70.6 Å². The zero-order valence-electron chi connectivity index (χ0n) is 19.1. The van der Waals surface area contributed by atoms with E-state index in [1.165, 1.54) is 68.7 Å². The van der Waals surface area contributed by atoms with Crippen LogP contribution in [0.1, 0.15) is 80.1 Å². The predicted molar refractivity (Wildman–Crippen MR) is 131 cm³/mol. The Labute approximate surface area is 192 Å². The zero-order valence-corrected chi connectivity index (χ0v) is 19.1. The van der Waals surface area contributed by atoms with Crippen LogP contribution in [0.2, 0.25) is 0 Å². The van der Waals surface area contributed by atoms with Crippen LogP contribution in [0.15, 0.2) is 55.0 Å². The van der Waals surface area contributed by atoms with Crippen molar-refractivity contribution in [2.24, 2.45) is 23.7 Å². The summed E-state index contributed by atoms with van der Waals surface area (Å²) in [6.45, 7) is 0. The monoisotopic (exact) mass is 428 g/mol. The predicted octanol–water partition coefficient (Wildman–Crippen LogP) is 7.38. The van der Waals surface area contributed by atoms with Gasteiger partial charge in [0.25, 0.3) is 0 Å². The molecule has 1 aromatic carbocycles. The Morgan fingerprint density at radius 1 is 1.00 bits per heavy atom. The lowest BCUT2D eigenvalue weighted by molar-refractivity contribution is 0.0976. The Balaban J connectivity index is 1.02. The number of nitrogens with zero attached hydrogens (tertiary/aromatic N) is 1. The minimum atomic E-state index is 0.291. The number of ketones is 1. The molecule has 4 atom stereocenters. The van der Waals surface area contributed by atoms with Gasteiger partial charge in [0, 0.05) is 36.1 Å². The smallest absolute Gasteiger partial charge is 0.162 e. The fourth-order valence-corrected chi connectivity index (χ4v) is 6.66. The fraction of sp³-hybridized carbons (Fsp3) is 0.517. The molecule has 2 aliphatic carbocycles. The molecule has 3 aromatic rings. The van der Waals surface area contributed by atoms with E-state index in [1.807, 2.05) is 42.9 Å². The van der Waals surface area contributed by atoms with Crippen molar-refractivity contribution in [3.8, 4) is 0 Å². The fourth-order valence-electron chi connectivity index (χ4n) is 6.66. The van der Waals surface area contributed by atoms with E-state index >= 15 is 0 Å². The maximum Gasteiger partial charge on any atom is 0.162 e. The van der Waals surface area contributed by atoms with Gasteiger partial charge in [-0.25, -0.2) is 0 Å². The van der Waals surface area contributed by atoms with Crippen LogP contribution in [-0.2, 0) is 6.42 Å². The number of aromatic nitrogens is 2. The molecule has 5 rings (SSSR count). The first-order chi connectivity index (χ1) is 15.8. The van der Waals surface area contributed by atoms with E-state index in [0.717, 1.165) is 41.2 Å². The quantitative estimate of drug-likeness (QED) is 0.270. The first-order valence-electron chi connectivity index (χ1n) is 12.8. The number of pyridine rings is 1. The highest BCUT2D eigenvalue weighted by Crippen LogP contribution is 2.51. The van der Waals surface area contributed by atoms with Crippen LogP contribution < -0.4 is 0 Å². The molecule has 2 fully saturated rings. The number of nitrogens with one attached hydrogen (secondary N) is 1. The average molecular weight is 429 g/mol. The van der Waals surface area contributed by atoms with Crippen LogP contribution in [0.25, 0.3) is 10.9 Å². The molecule has 2 unspecified atom stereocenters. The first-order valence-corrected chi connectivity index (χ1v) is 12.8. The summed E-state index contributed by atoms with van der Waals surface area (Å²) in [6, 6.07) is 12.3. The topological polar surface area (TPSA) is 45.8 Å². The number of hydrogen-bond donors (Lipinski definition) is 1. The van der Waals surface area contributed by atoms with E-state index in [2.05, 4.69) is 22.1 Å². The molecule has 0 spiro atoms. The molecule has 2 saturated carbocycles. The largest absolute Gasteiger partial charge is 0.361 e. The highest BCUT2D eigenvalue weighted by atomic mass is 16.1. The van der Waals surface area contributed by atoms with Crippen LogP contribution in [0.3, 0.4) is 0 Å². The third-order valence-corrected chi connectivity index (χ3v) is 8.26. The Hall–Kier alpha value is -2.42. The summed E-state index contributed by atoms with van der Waals surface area (Å²) in [6.07, 6.45) is 19.7. The van der Waals surface area contributed by atoms with Gasteiger partial charge in [0.15, 0.2) is 5.78 Å². The number of aryl methyl sites for hydroxylation is 1. The third-order valence-electron chi connectivity index (χ3n) is 8.26. The second-order valence-corrected chi connectivity index (χ2v) is 10.3. The lowest BCUT2D eigenvalue weighted by Crippen LogP contribution is -2.26. The van der Waals surface area contributed by atoms with Crippen molar-refractivity contribution in [1.29, 1.82) is 0 Å². The lowest BCUT2D eigenvalue weighted by Gasteiger charge is -2.35. The minimum absolute atomic E-state index is 0.291. The van der Waals surface area contributed by atoms with Gasteiger partial charge in [-0.15, -0.1) is 0 Å². The maximum absolute atomic E-state index is 12.6. The number of fused-ring (bicyclic) bond motifs is 3. The van der Waals surface area contributed by atoms with Gasteiger partial charge in [-0.1, -0.05) is 31.0 Å². The van der Waals surface area contributed by atoms with Gasteiger partial charge < -0.3 is 4.98 Å².